The topological polar surface area (TPSA) is 24.9 Å². The molecule has 0 saturated heterocycles. The molecule has 100 valence electrons. The highest BCUT2D eigenvalue weighted by molar-refractivity contribution is 8.00. The van der Waals surface area contributed by atoms with Crippen molar-refractivity contribution in [1.29, 1.82) is 0 Å². The predicted octanol–water partition coefficient (Wildman–Crippen LogP) is 3.23. The van der Waals surface area contributed by atoms with Gasteiger partial charge in [0.25, 0.3) is 0 Å². The summed E-state index contributed by atoms with van der Waals surface area (Å²) in [4.78, 5) is 4.60. The molecule has 1 N–H and O–H groups in total. The van der Waals surface area contributed by atoms with Crippen molar-refractivity contribution >= 4 is 11.8 Å². The van der Waals surface area contributed by atoms with E-state index in [0.717, 1.165) is 5.75 Å². The van der Waals surface area contributed by atoms with Crippen molar-refractivity contribution < 1.29 is 0 Å². The Morgan fingerprint density at radius 2 is 2.28 bits per heavy atom. The monoisotopic (exact) mass is 264 g/mol. The molecule has 0 radical (unpaired) electrons. The molecule has 3 heteroatoms. The second kappa shape index (κ2) is 5.62. The van der Waals surface area contributed by atoms with Crippen molar-refractivity contribution in [3.05, 3.63) is 29.6 Å². The van der Waals surface area contributed by atoms with E-state index in [9.17, 15) is 0 Å². The lowest BCUT2D eigenvalue weighted by Gasteiger charge is -2.27. The SMILES string of the molecule is CNC(CSC(C)(C)C)C1CCc2cccnc21. The lowest BCUT2D eigenvalue weighted by atomic mass is 9.98. The number of aromatic nitrogens is 1. The van der Waals surface area contributed by atoms with Crippen LogP contribution in [0.4, 0.5) is 0 Å². The van der Waals surface area contributed by atoms with Crippen molar-refractivity contribution in [3.63, 3.8) is 0 Å². The third kappa shape index (κ3) is 3.27. The van der Waals surface area contributed by atoms with Gasteiger partial charge in [-0.2, -0.15) is 11.8 Å². The van der Waals surface area contributed by atoms with Crippen LogP contribution < -0.4 is 5.32 Å². The highest BCUT2D eigenvalue weighted by atomic mass is 32.2. The van der Waals surface area contributed by atoms with E-state index in [-0.39, 0.29) is 0 Å². The van der Waals surface area contributed by atoms with E-state index in [1.807, 2.05) is 18.0 Å². The van der Waals surface area contributed by atoms with Crippen LogP contribution >= 0.6 is 11.8 Å². The van der Waals surface area contributed by atoms with Crippen molar-refractivity contribution in [2.45, 2.75) is 50.3 Å². The molecule has 1 aromatic heterocycles. The quantitative estimate of drug-likeness (QED) is 0.904. The van der Waals surface area contributed by atoms with E-state index in [2.05, 4.69) is 50.3 Å². The molecule has 0 bridgehead atoms. The number of rotatable bonds is 4. The number of hydrogen-bond acceptors (Lipinski definition) is 3. The van der Waals surface area contributed by atoms with Crippen LogP contribution in [0.5, 0.6) is 0 Å². The van der Waals surface area contributed by atoms with Gasteiger partial charge in [-0.3, -0.25) is 4.98 Å². The smallest absolute Gasteiger partial charge is 0.0482 e. The Kier molecular flexibility index (Phi) is 4.33. The van der Waals surface area contributed by atoms with Crippen molar-refractivity contribution in [3.8, 4) is 0 Å². The number of nitrogens with one attached hydrogen (secondary N) is 1. The van der Waals surface area contributed by atoms with E-state index in [4.69, 9.17) is 0 Å². The molecule has 0 spiro atoms. The predicted molar refractivity (Wildman–Crippen MR) is 80.4 cm³/mol. The molecule has 2 nitrogen and oxygen atoms in total. The largest absolute Gasteiger partial charge is 0.316 e. The van der Waals surface area contributed by atoms with Gasteiger partial charge in [-0.1, -0.05) is 26.8 Å². The summed E-state index contributed by atoms with van der Waals surface area (Å²) in [6.45, 7) is 6.85. The van der Waals surface area contributed by atoms with E-state index < -0.39 is 0 Å². The van der Waals surface area contributed by atoms with Crippen LogP contribution in [-0.4, -0.2) is 28.6 Å². The summed E-state index contributed by atoms with van der Waals surface area (Å²) in [5.74, 6) is 1.74. The maximum absolute atomic E-state index is 4.60. The van der Waals surface area contributed by atoms with Crippen LogP contribution in [-0.2, 0) is 6.42 Å². The Bertz CT molecular complexity index is 398. The molecule has 2 atom stereocenters. The Balaban J connectivity index is 2.06. The second-order valence-electron chi connectivity index (χ2n) is 6.01. The summed E-state index contributed by atoms with van der Waals surface area (Å²) in [5, 5.41) is 3.50. The number of aryl methyl sites for hydroxylation is 1. The minimum atomic E-state index is 0.334. The maximum Gasteiger partial charge on any atom is 0.0482 e. The van der Waals surface area contributed by atoms with Crippen LogP contribution in [0.3, 0.4) is 0 Å². The summed E-state index contributed by atoms with van der Waals surface area (Å²) in [5.41, 5.74) is 2.77. The van der Waals surface area contributed by atoms with Crippen molar-refractivity contribution in [2.75, 3.05) is 12.8 Å². The summed E-state index contributed by atoms with van der Waals surface area (Å²) in [7, 11) is 2.08. The van der Waals surface area contributed by atoms with Gasteiger partial charge in [-0.05, 0) is 31.5 Å². The zero-order valence-electron chi connectivity index (χ0n) is 11.9. The van der Waals surface area contributed by atoms with Gasteiger partial charge in [0, 0.05) is 34.4 Å². The average Bonchev–Trinajstić information content (AvgIpc) is 2.73. The van der Waals surface area contributed by atoms with Crippen molar-refractivity contribution in [1.82, 2.24) is 10.3 Å². The molecule has 1 aliphatic carbocycles. The number of likely N-dealkylation sites (N-methyl/N-ethyl adjacent to an activating group) is 1. The fourth-order valence-electron chi connectivity index (χ4n) is 2.58. The van der Waals surface area contributed by atoms with Crippen LogP contribution in [0.25, 0.3) is 0 Å². The minimum absolute atomic E-state index is 0.334. The van der Waals surface area contributed by atoms with Crippen LogP contribution in [0.1, 0.15) is 44.4 Å². The fraction of sp³-hybridized carbons (Fsp3) is 0.667. The average molecular weight is 264 g/mol. The third-order valence-corrected chi connectivity index (χ3v) is 4.95. The first-order valence-corrected chi connectivity index (χ1v) is 7.75. The number of nitrogens with zero attached hydrogens (tertiary/aromatic N) is 1. The Morgan fingerprint density at radius 3 is 2.94 bits per heavy atom. The Labute approximate surface area is 115 Å². The highest BCUT2D eigenvalue weighted by Gasteiger charge is 2.30. The fourth-order valence-corrected chi connectivity index (χ4v) is 3.65. The molecular formula is C15H24N2S. The lowest BCUT2D eigenvalue weighted by molar-refractivity contribution is 0.490. The summed E-state index contributed by atoms with van der Waals surface area (Å²) >= 11 is 2.04. The molecule has 0 amide bonds. The summed E-state index contributed by atoms with van der Waals surface area (Å²) in [6.07, 6.45) is 4.36. The normalized spacial score (nSPS) is 20.8. The molecule has 2 rings (SSSR count). The zero-order valence-corrected chi connectivity index (χ0v) is 12.7. The minimum Gasteiger partial charge on any atom is -0.316 e. The number of thioether (sulfide) groups is 1. The van der Waals surface area contributed by atoms with Gasteiger partial charge in [-0.25, -0.2) is 0 Å². The molecule has 0 saturated carbocycles. The lowest BCUT2D eigenvalue weighted by Crippen LogP contribution is -2.35. The molecule has 18 heavy (non-hydrogen) atoms. The van der Waals surface area contributed by atoms with Crippen LogP contribution in [0.2, 0.25) is 0 Å². The molecule has 1 aliphatic rings. The van der Waals surface area contributed by atoms with Gasteiger partial charge in [0.15, 0.2) is 0 Å². The van der Waals surface area contributed by atoms with Crippen LogP contribution in [0, 0.1) is 0 Å². The number of fused-ring (bicyclic) bond motifs is 1. The first kappa shape index (κ1) is 13.9. The first-order chi connectivity index (χ1) is 8.51. The second-order valence-corrected chi connectivity index (χ2v) is 7.86. The zero-order chi connectivity index (χ0) is 13.2. The first-order valence-electron chi connectivity index (χ1n) is 6.76. The Hall–Kier alpha value is -0.540. The van der Waals surface area contributed by atoms with Crippen molar-refractivity contribution in [2.24, 2.45) is 0 Å². The molecule has 0 aromatic carbocycles. The Morgan fingerprint density at radius 1 is 1.50 bits per heavy atom. The van der Waals surface area contributed by atoms with Gasteiger partial charge in [0.2, 0.25) is 0 Å². The van der Waals surface area contributed by atoms with Gasteiger partial charge < -0.3 is 5.32 Å². The highest BCUT2D eigenvalue weighted by Crippen LogP contribution is 2.36. The molecule has 0 aliphatic heterocycles. The molecule has 1 heterocycles. The van der Waals surface area contributed by atoms with Crippen LogP contribution in [0.15, 0.2) is 18.3 Å². The van der Waals surface area contributed by atoms with E-state index in [0.29, 0.717) is 16.7 Å². The van der Waals surface area contributed by atoms with Gasteiger partial charge in [-0.15, -0.1) is 0 Å². The summed E-state index contributed by atoms with van der Waals surface area (Å²) < 4.78 is 0.334. The molecular weight excluding hydrogens is 240 g/mol. The third-order valence-electron chi connectivity index (χ3n) is 3.55. The molecule has 2 unspecified atom stereocenters. The maximum atomic E-state index is 4.60. The summed E-state index contributed by atoms with van der Waals surface area (Å²) in [6, 6.07) is 4.82. The van der Waals surface area contributed by atoms with E-state index >= 15 is 0 Å². The number of hydrogen-bond donors (Lipinski definition) is 1. The van der Waals surface area contributed by atoms with Gasteiger partial charge in [0.05, 0.1) is 0 Å². The van der Waals surface area contributed by atoms with E-state index in [1.54, 1.807) is 0 Å². The molecule has 1 aromatic rings. The van der Waals surface area contributed by atoms with Gasteiger partial charge in [0.1, 0.15) is 0 Å². The van der Waals surface area contributed by atoms with E-state index in [1.165, 1.54) is 24.1 Å². The van der Waals surface area contributed by atoms with Gasteiger partial charge >= 0.3 is 0 Å². The molecule has 0 fully saturated rings. The standard InChI is InChI=1S/C15H24N2S/c1-15(2,3)18-10-13(16-4)12-8-7-11-6-5-9-17-14(11)12/h5-6,9,12-13,16H,7-8,10H2,1-4H3. The number of pyridine rings is 1.